The lowest BCUT2D eigenvalue weighted by Crippen LogP contribution is -2.48. The second-order valence-corrected chi connectivity index (χ2v) is 5.62. The summed E-state index contributed by atoms with van der Waals surface area (Å²) in [6.45, 7) is 5.13. The van der Waals surface area contributed by atoms with Crippen molar-refractivity contribution < 1.29 is 23.8 Å². The number of amides is 1. The quantitative estimate of drug-likeness (QED) is 0.798. The number of aliphatic carboxylic acids is 1. The van der Waals surface area contributed by atoms with Crippen LogP contribution in [0.2, 0.25) is 0 Å². The predicted molar refractivity (Wildman–Crippen MR) is 63.0 cm³/mol. The molecule has 1 fully saturated rings. The summed E-state index contributed by atoms with van der Waals surface area (Å²) in [5, 5.41) is 11.3. The summed E-state index contributed by atoms with van der Waals surface area (Å²) < 4.78 is 18.6. The van der Waals surface area contributed by atoms with E-state index in [4.69, 9.17) is 9.84 Å². The van der Waals surface area contributed by atoms with Crippen molar-refractivity contribution in [2.45, 2.75) is 57.8 Å². The van der Waals surface area contributed by atoms with Crippen LogP contribution in [0.5, 0.6) is 0 Å². The SMILES string of the molecule is CC(C)(C)OC(=O)N[C@H]1C[C@H](C(=O)O)CC[C@@H]1F. The highest BCUT2D eigenvalue weighted by atomic mass is 19.1. The molecule has 1 amide bonds. The average Bonchev–Trinajstić information content (AvgIpc) is 2.18. The summed E-state index contributed by atoms with van der Waals surface area (Å²) >= 11 is 0. The van der Waals surface area contributed by atoms with Crippen molar-refractivity contribution in [1.29, 1.82) is 0 Å². The molecule has 0 bridgehead atoms. The molecule has 0 aliphatic heterocycles. The number of carboxylic acids is 1. The Balaban J connectivity index is 2.53. The third kappa shape index (κ3) is 4.50. The van der Waals surface area contributed by atoms with Gasteiger partial charge in [0.1, 0.15) is 11.8 Å². The Hall–Kier alpha value is -1.33. The zero-order valence-corrected chi connectivity index (χ0v) is 10.9. The molecule has 1 aliphatic carbocycles. The highest BCUT2D eigenvalue weighted by Gasteiger charge is 2.35. The number of halogens is 1. The van der Waals surface area contributed by atoms with Crippen molar-refractivity contribution in [3.05, 3.63) is 0 Å². The van der Waals surface area contributed by atoms with Crippen LogP contribution < -0.4 is 5.32 Å². The van der Waals surface area contributed by atoms with Crippen LogP contribution in [-0.2, 0) is 9.53 Å². The molecule has 1 saturated carbocycles. The van der Waals surface area contributed by atoms with E-state index in [2.05, 4.69) is 5.32 Å². The van der Waals surface area contributed by atoms with Gasteiger partial charge >= 0.3 is 12.1 Å². The molecule has 5 nitrogen and oxygen atoms in total. The van der Waals surface area contributed by atoms with Gasteiger partial charge in [0.25, 0.3) is 0 Å². The van der Waals surface area contributed by atoms with Crippen LogP contribution in [0.25, 0.3) is 0 Å². The summed E-state index contributed by atoms with van der Waals surface area (Å²) in [6.07, 6.45) is -1.36. The minimum absolute atomic E-state index is 0.107. The Kier molecular flexibility index (Phi) is 4.53. The minimum Gasteiger partial charge on any atom is -0.481 e. The van der Waals surface area contributed by atoms with Crippen molar-refractivity contribution in [3.63, 3.8) is 0 Å². The van der Waals surface area contributed by atoms with Gasteiger partial charge in [0.2, 0.25) is 0 Å². The van der Waals surface area contributed by atoms with E-state index in [1.54, 1.807) is 20.8 Å². The molecule has 1 aliphatic rings. The lowest BCUT2D eigenvalue weighted by atomic mass is 9.84. The highest BCUT2D eigenvalue weighted by Crippen LogP contribution is 2.27. The normalized spacial score (nSPS) is 28.6. The van der Waals surface area contributed by atoms with Crippen LogP contribution in [-0.4, -0.2) is 35.0 Å². The fourth-order valence-corrected chi connectivity index (χ4v) is 1.97. The number of carbonyl (C=O) groups excluding carboxylic acids is 1. The number of carbonyl (C=O) groups is 2. The van der Waals surface area contributed by atoms with Gasteiger partial charge in [-0.05, 0) is 40.0 Å². The summed E-state index contributed by atoms with van der Waals surface area (Å²) in [7, 11) is 0. The van der Waals surface area contributed by atoms with Gasteiger partial charge in [-0.15, -0.1) is 0 Å². The van der Waals surface area contributed by atoms with Gasteiger partial charge < -0.3 is 15.2 Å². The van der Waals surface area contributed by atoms with Crippen molar-refractivity contribution in [2.75, 3.05) is 0 Å². The monoisotopic (exact) mass is 261 g/mol. The number of carboxylic acid groups (broad SMARTS) is 1. The first kappa shape index (κ1) is 14.7. The molecule has 0 radical (unpaired) electrons. The molecule has 2 N–H and O–H groups in total. The van der Waals surface area contributed by atoms with Crippen LogP contribution in [0.3, 0.4) is 0 Å². The number of rotatable bonds is 2. The molecule has 0 spiro atoms. The number of hydrogen-bond acceptors (Lipinski definition) is 3. The van der Waals surface area contributed by atoms with Crippen LogP contribution in [0.1, 0.15) is 40.0 Å². The summed E-state index contributed by atoms with van der Waals surface area (Å²) in [5.74, 6) is -1.55. The zero-order valence-electron chi connectivity index (χ0n) is 10.9. The largest absolute Gasteiger partial charge is 0.481 e. The first-order valence-corrected chi connectivity index (χ1v) is 6.05. The molecular formula is C12H20FNO4. The second kappa shape index (κ2) is 5.54. The van der Waals surface area contributed by atoms with Gasteiger partial charge in [0.15, 0.2) is 0 Å². The second-order valence-electron chi connectivity index (χ2n) is 5.62. The van der Waals surface area contributed by atoms with E-state index in [1.165, 1.54) is 0 Å². The Morgan fingerprint density at radius 1 is 1.33 bits per heavy atom. The van der Waals surface area contributed by atoms with Gasteiger partial charge in [-0.25, -0.2) is 9.18 Å². The topological polar surface area (TPSA) is 75.6 Å². The van der Waals surface area contributed by atoms with E-state index in [9.17, 15) is 14.0 Å². The maximum Gasteiger partial charge on any atom is 0.407 e. The number of nitrogens with one attached hydrogen (secondary N) is 1. The number of hydrogen-bond donors (Lipinski definition) is 2. The fourth-order valence-electron chi connectivity index (χ4n) is 1.97. The molecule has 0 saturated heterocycles. The third-order valence-electron chi connectivity index (χ3n) is 2.82. The first-order valence-electron chi connectivity index (χ1n) is 6.05. The van der Waals surface area contributed by atoms with Crippen LogP contribution in [0, 0.1) is 5.92 Å². The van der Waals surface area contributed by atoms with Crippen molar-refractivity contribution >= 4 is 12.1 Å². The molecule has 0 unspecified atom stereocenters. The highest BCUT2D eigenvalue weighted by molar-refractivity contribution is 5.71. The van der Waals surface area contributed by atoms with Crippen molar-refractivity contribution in [2.24, 2.45) is 5.92 Å². The molecule has 0 aromatic carbocycles. The Bertz CT molecular complexity index is 327. The lowest BCUT2D eigenvalue weighted by molar-refractivity contribution is -0.143. The van der Waals surface area contributed by atoms with E-state index in [-0.39, 0.29) is 12.8 Å². The number of ether oxygens (including phenoxy) is 1. The molecule has 0 heterocycles. The summed E-state index contributed by atoms with van der Waals surface area (Å²) in [6, 6.07) is -0.783. The molecule has 6 heteroatoms. The smallest absolute Gasteiger partial charge is 0.407 e. The fraction of sp³-hybridized carbons (Fsp3) is 0.833. The Labute approximate surface area is 106 Å². The standard InChI is InChI=1S/C12H20FNO4/c1-12(2,3)18-11(17)14-9-6-7(10(15)16)4-5-8(9)13/h7-9H,4-6H2,1-3H3,(H,14,17)(H,15,16)/t7-,8+,9+/m1/s1. The van der Waals surface area contributed by atoms with Crippen LogP contribution >= 0.6 is 0 Å². The summed E-state index contributed by atoms with van der Waals surface area (Å²) in [5.41, 5.74) is -0.656. The van der Waals surface area contributed by atoms with Gasteiger partial charge in [-0.2, -0.15) is 0 Å². The predicted octanol–water partition coefficient (Wildman–Crippen LogP) is 2.10. The number of alkyl carbamates (subject to hydrolysis) is 1. The average molecular weight is 261 g/mol. The first-order chi connectivity index (χ1) is 8.19. The van der Waals surface area contributed by atoms with Gasteiger partial charge in [0, 0.05) is 0 Å². The molecule has 104 valence electrons. The van der Waals surface area contributed by atoms with E-state index in [1.807, 2.05) is 0 Å². The van der Waals surface area contributed by atoms with Crippen molar-refractivity contribution in [1.82, 2.24) is 5.32 Å². The molecule has 3 atom stereocenters. The maximum absolute atomic E-state index is 13.6. The molecule has 0 aromatic heterocycles. The maximum atomic E-state index is 13.6. The molecule has 0 aromatic rings. The van der Waals surface area contributed by atoms with Gasteiger partial charge in [0.05, 0.1) is 12.0 Å². The van der Waals surface area contributed by atoms with Gasteiger partial charge in [-0.3, -0.25) is 4.79 Å². The molecule has 18 heavy (non-hydrogen) atoms. The third-order valence-corrected chi connectivity index (χ3v) is 2.82. The van der Waals surface area contributed by atoms with Crippen molar-refractivity contribution in [3.8, 4) is 0 Å². The Morgan fingerprint density at radius 3 is 2.44 bits per heavy atom. The van der Waals surface area contributed by atoms with E-state index in [0.29, 0.717) is 6.42 Å². The van der Waals surface area contributed by atoms with E-state index in [0.717, 1.165) is 0 Å². The zero-order chi connectivity index (χ0) is 13.9. The lowest BCUT2D eigenvalue weighted by Gasteiger charge is -2.31. The summed E-state index contributed by atoms with van der Waals surface area (Å²) in [4.78, 5) is 22.4. The Morgan fingerprint density at radius 2 is 1.94 bits per heavy atom. The van der Waals surface area contributed by atoms with E-state index < -0.39 is 35.8 Å². The van der Waals surface area contributed by atoms with E-state index >= 15 is 0 Å². The van der Waals surface area contributed by atoms with Crippen LogP contribution in [0.15, 0.2) is 0 Å². The molecule has 1 rings (SSSR count). The molecular weight excluding hydrogens is 241 g/mol. The van der Waals surface area contributed by atoms with Crippen LogP contribution in [0.4, 0.5) is 9.18 Å². The number of alkyl halides is 1. The minimum atomic E-state index is -1.21. The van der Waals surface area contributed by atoms with Gasteiger partial charge in [-0.1, -0.05) is 0 Å².